The average molecular weight is 641 g/mol. The molecular weight excluding hydrogens is 613 g/mol. The first kappa shape index (κ1) is 27.4. The molecule has 4 nitrogen and oxygen atoms in total. The van der Waals surface area contributed by atoms with Crippen LogP contribution in [-0.4, -0.2) is 11.6 Å². The second-order valence-corrected chi connectivity index (χ2v) is 13.5. The van der Waals surface area contributed by atoms with Crippen LogP contribution in [0.2, 0.25) is 0 Å². The summed E-state index contributed by atoms with van der Waals surface area (Å²) in [5, 5.41) is 4.41. The highest BCUT2D eigenvalue weighted by Crippen LogP contribution is 2.59. The number of hydrogen-bond acceptors (Lipinski definition) is 4. The van der Waals surface area contributed by atoms with Gasteiger partial charge in [0.25, 0.3) is 0 Å². The minimum absolute atomic E-state index is 0.00625. The van der Waals surface area contributed by atoms with Gasteiger partial charge >= 0.3 is 0 Å². The first-order valence-electron chi connectivity index (χ1n) is 17.1. The molecule has 2 atom stereocenters. The van der Waals surface area contributed by atoms with Gasteiger partial charge in [-0.3, -0.25) is 9.59 Å². The number of ketones is 2. The van der Waals surface area contributed by atoms with Crippen LogP contribution in [0.1, 0.15) is 26.3 Å². The molecule has 8 bridgehead atoms. The van der Waals surface area contributed by atoms with Crippen molar-refractivity contribution in [3.8, 4) is 11.1 Å². The second kappa shape index (κ2) is 10.0. The van der Waals surface area contributed by atoms with Crippen LogP contribution in [0, 0.1) is 11.8 Å². The Morgan fingerprint density at radius 3 is 1.70 bits per heavy atom. The lowest BCUT2D eigenvalue weighted by Crippen LogP contribution is -2.46. The van der Waals surface area contributed by atoms with Gasteiger partial charge in [-0.2, -0.15) is 0 Å². The van der Waals surface area contributed by atoms with Gasteiger partial charge in [0.05, 0.1) is 34.6 Å². The Kier molecular flexibility index (Phi) is 5.49. The second-order valence-electron chi connectivity index (χ2n) is 13.5. The Labute approximate surface area is 288 Å². The highest BCUT2D eigenvalue weighted by atomic mass is 16.1. The Morgan fingerprint density at radius 1 is 0.460 bits per heavy atom. The predicted octanol–water partition coefficient (Wildman–Crippen LogP) is 10.9. The van der Waals surface area contributed by atoms with Gasteiger partial charge in [0.1, 0.15) is 0 Å². The molecule has 7 aromatic carbocycles. The zero-order valence-corrected chi connectivity index (χ0v) is 26.9. The van der Waals surface area contributed by atoms with Crippen molar-refractivity contribution in [3.05, 3.63) is 186 Å². The van der Waals surface area contributed by atoms with Gasteiger partial charge in [-0.25, -0.2) is 0 Å². The minimum Gasteiger partial charge on any atom is -0.310 e. The third-order valence-corrected chi connectivity index (χ3v) is 11.0. The van der Waals surface area contributed by atoms with E-state index in [1.165, 1.54) is 0 Å². The molecule has 13 rings (SSSR count). The van der Waals surface area contributed by atoms with E-state index in [1.807, 2.05) is 42.5 Å². The van der Waals surface area contributed by atoms with Crippen LogP contribution in [0.15, 0.2) is 169 Å². The van der Waals surface area contributed by atoms with Crippen molar-refractivity contribution < 1.29 is 9.59 Å². The van der Waals surface area contributed by atoms with Crippen molar-refractivity contribution in [2.24, 2.45) is 11.8 Å². The van der Waals surface area contributed by atoms with Gasteiger partial charge < -0.3 is 9.80 Å². The molecule has 0 N–H and O–H groups in total. The molecule has 50 heavy (non-hydrogen) atoms. The van der Waals surface area contributed by atoms with Crippen LogP contribution in [0.25, 0.3) is 38.2 Å². The van der Waals surface area contributed by atoms with Crippen LogP contribution in [0.4, 0.5) is 22.7 Å². The molecule has 0 radical (unpaired) electrons. The highest BCUT2D eigenvalue weighted by molar-refractivity contribution is 6.23. The van der Waals surface area contributed by atoms with Crippen LogP contribution in [-0.2, 0) is 0 Å². The number of fused-ring (bicyclic) bond motifs is 5. The van der Waals surface area contributed by atoms with Crippen LogP contribution in [0.3, 0.4) is 0 Å². The van der Waals surface area contributed by atoms with Crippen LogP contribution in [0.5, 0.6) is 0 Å². The quantitative estimate of drug-likeness (QED) is 0.189. The van der Waals surface area contributed by atoms with Crippen LogP contribution < -0.4 is 9.80 Å². The molecule has 4 aliphatic heterocycles. The van der Waals surface area contributed by atoms with E-state index in [4.69, 9.17) is 0 Å². The van der Waals surface area contributed by atoms with E-state index in [0.717, 1.165) is 78.0 Å². The molecule has 4 heteroatoms. The van der Waals surface area contributed by atoms with E-state index >= 15 is 4.79 Å². The maximum absolute atomic E-state index is 15.1. The number of para-hydroxylation sites is 2. The summed E-state index contributed by atoms with van der Waals surface area (Å²) in [5.41, 5.74) is 10.6. The summed E-state index contributed by atoms with van der Waals surface area (Å²) in [7, 11) is 0. The highest BCUT2D eigenvalue weighted by Gasteiger charge is 2.52. The van der Waals surface area contributed by atoms with E-state index in [-0.39, 0.29) is 11.6 Å². The number of Topliss-reactive ketones (excluding diaryl/α,β-unsaturated/α-hetero) is 2. The third kappa shape index (κ3) is 3.54. The summed E-state index contributed by atoms with van der Waals surface area (Å²) in [6.45, 7) is 0. The zero-order valence-electron chi connectivity index (χ0n) is 26.9. The van der Waals surface area contributed by atoms with Gasteiger partial charge in [0, 0.05) is 50.0 Å². The van der Waals surface area contributed by atoms with Crippen LogP contribution >= 0.6 is 0 Å². The average Bonchev–Trinajstić information content (AvgIpc) is 3.20. The standard InChI is InChI=1S/C46H28N2O2/c49-45-38-25-29-21-24-36(38)46(50)40-39(45)26-37-35-23-20-28-12-8-10-18-33(28)42(35)48(31-15-5-2-6-16-31)44(40)43(37)47(30-13-3-1-4-14-30)41-32-17-9-7-11-27(32)19-22-34(29)41/h1-26,39-40H. The molecule has 6 aliphatic rings. The topological polar surface area (TPSA) is 40.6 Å². The summed E-state index contributed by atoms with van der Waals surface area (Å²) in [4.78, 5) is 34.6. The van der Waals surface area contributed by atoms with Crippen molar-refractivity contribution in [1.82, 2.24) is 0 Å². The lowest BCUT2D eigenvalue weighted by Gasteiger charge is -2.48. The molecule has 0 saturated heterocycles. The maximum atomic E-state index is 15.1. The van der Waals surface area contributed by atoms with E-state index < -0.39 is 11.8 Å². The van der Waals surface area contributed by atoms with E-state index in [2.05, 4.69) is 125 Å². The van der Waals surface area contributed by atoms with Crippen molar-refractivity contribution in [1.29, 1.82) is 0 Å². The number of carbonyl (C=O) groups excluding carboxylic acids is 2. The summed E-state index contributed by atoms with van der Waals surface area (Å²) in [6, 6.07) is 52.3. The largest absolute Gasteiger partial charge is 0.310 e. The van der Waals surface area contributed by atoms with Gasteiger partial charge in [-0.05, 0) is 46.7 Å². The molecule has 0 fully saturated rings. The predicted molar refractivity (Wildman–Crippen MR) is 201 cm³/mol. The van der Waals surface area contributed by atoms with E-state index in [9.17, 15) is 4.79 Å². The zero-order chi connectivity index (χ0) is 33.1. The Morgan fingerprint density at radius 2 is 1.02 bits per heavy atom. The summed E-state index contributed by atoms with van der Waals surface area (Å²) in [6.07, 6.45) is 2.11. The first-order valence-corrected chi connectivity index (χ1v) is 17.1. The summed E-state index contributed by atoms with van der Waals surface area (Å²) in [5.74, 6) is -1.39. The number of rotatable bonds is 2. The number of benzene rings is 7. The molecule has 4 heterocycles. The number of anilines is 4. The van der Waals surface area contributed by atoms with Gasteiger partial charge in [-0.15, -0.1) is 0 Å². The van der Waals surface area contributed by atoms with E-state index in [1.54, 1.807) is 0 Å². The normalized spacial score (nSPS) is 18.4. The molecule has 0 aromatic heterocycles. The molecule has 0 saturated carbocycles. The smallest absolute Gasteiger partial charge is 0.173 e. The summed E-state index contributed by atoms with van der Waals surface area (Å²) >= 11 is 0. The van der Waals surface area contributed by atoms with Gasteiger partial charge in [0.2, 0.25) is 0 Å². The lowest BCUT2D eigenvalue weighted by molar-refractivity contribution is 0.0792. The molecule has 2 unspecified atom stereocenters. The fourth-order valence-corrected chi connectivity index (χ4v) is 8.85. The molecule has 0 spiro atoms. The van der Waals surface area contributed by atoms with Crippen molar-refractivity contribution in [3.63, 3.8) is 0 Å². The molecule has 2 aliphatic carbocycles. The third-order valence-electron chi connectivity index (χ3n) is 11.0. The van der Waals surface area contributed by atoms with E-state index in [0.29, 0.717) is 11.1 Å². The fraction of sp³-hybridized carbons (Fsp3) is 0.0435. The minimum atomic E-state index is -0.727. The number of allylic oxidation sites excluding steroid dienone is 3. The molecular formula is C46H28N2O2. The first-order chi connectivity index (χ1) is 24.7. The Balaban J connectivity index is 1.39. The maximum Gasteiger partial charge on any atom is 0.173 e. The molecule has 7 aromatic rings. The monoisotopic (exact) mass is 640 g/mol. The Hall–Kier alpha value is -6.52. The van der Waals surface area contributed by atoms with Gasteiger partial charge in [0.15, 0.2) is 11.6 Å². The number of hydrogen-bond donors (Lipinski definition) is 0. The van der Waals surface area contributed by atoms with Gasteiger partial charge in [-0.1, -0.05) is 127 Å². The molecule has 234 valence electrons. The Bertz CT molecular complexity index is 2710. The summed E-state index contributed by atoms with van der Waals surface area (Å²) < 4.78 is 0. The lowest BCUT2D eigenvalue weighted by atomic mass is 9.66. The van der Waals surface area contributed by atoms with Crippen molar-refractivity contribution in [2.75, 3.05) is 9.80 Å². The fourth-order valence-electron chi connectivity index (χ4n) is 8.85. The SMILES string of the molecule is O=C1c2cc3ccc2C(=O)C2C4=C(C(=CC12)c1ccc2ccccc2c1N4c1ccccc1)N(c1ccccc1)c1c-3ccc2ccccc12. The number of nitrogens with zero attached hydrogens (tertiary/aromatic N) is 2. The molecule has 0 amide bonds. The van der Waals surface area contributed by atoms with Crippen molar-refractivity contribution in [2.45, 2.75) is 0 Å². The van der Waals surface area contributed by atoms with Crippen molar-refractivity contribution >= 4 is 61.4 Å². The number of carbonyl (C=O) groups is 2.